The number of carbonyl (C=O) groups is 2. The highest BCUT2D eigenvalue weighted by molar-refractivity contribution is 8.31. The zero-order chi connectivity index (χ0) is 20.5. The summed E-state index contributed by atoms with van der Waals surface area (Å²) in [6, 6.07) is 14.7. The number of fused-ring (bicyclic) bond motifs is 3. The molecule has 1 heterocycles. The van der Waals surface area contributed by atoms with E-state index in [4.69, 9.17) is 9.47 Å². The number of benzene rings is 2. The van der Waals surface area contributed by atoms with Crippen LogP contribution < -0.4 is 0 Å². The Morgan fingerprint density at radius 1 is 1.00 bits per heavy atom. The monoisotopic (exact) mass is 401 g/mol. The first-order valence-electron chi connectivity index (χ1n) is 8.83. The third kappa shape index (κ3) is 3.10. The summed E-state index contributed by atoms with van der Waals surface area (Å²) in [4.78, 5) is 30.6. The van der Waals surface area contributed by atoms with E-state index in [1.165, 1.54) is 14.2 Å². The summed E-state index contributed by atoms with van der Waals surface area (Å²) in [5.74, 6) is -1.49. The summed E-state index contributed by atoms with van der Waals surface area (Å²) in [6.07, 6.45) is 0. The maximum Gasteiger partial charge on any atom is 0.354 e. The number of rotatable bonds is 3. The van der Waals surface area contributed by atoms with Gasteiger partial charge < -0.3 is 14.0 Å². The molecule has 3 rings (SSSR count). The fourth-order valence-corrected chi connectivity index (χ4v) is 6.42. The lowest BCUT2D eigenvalue weighted by atomic mass is 10.0. The van der Waals surface area contributed by atoms with Gasteiger partial charge in [0.2, 0.25) is 0 Å². The van der Waals surface area contributed by atoms with E-state index >= 15 is 0 Å². The van der Waals surface area contributed by atoms with E-state index in [2.05, 4.69) is 4.99 Å². The molecule has 0 spiro atoms. The molecule has 148 valence electrons. The van der Waals surface area contributed by atoms with Gasteiger partial charge in [0.25, 0.3) is 0 Å². The molecule has 0 aliphatic carbocycles. The van der Waals surface area contributed by atoms with Crippen LogP contribution in [0.1, 0.15) is 13.8 Å². The van der Waals surface area contributed by atoms with E-state index in [0.29, 0.717) is 10.6 Å². The Morgan fingerprint density at radius 2 is 1.61 bits per heavy atom. The van der Waals surface area contributed by atoms with Crippen LogP contribution in [-0.4, -0.2) is 46.9 Å². The molecule has 7 heteroatoms. The molecule has 1 N–H and O–H groups in total. The average Bonchev–Trinajstić information content (AvgIpc) is 2.71. The standard InChI is InChI=1S/C21H23NO5S/c1-13(2)28(25)17-12-8-6-10-15(17)14-9-5-7-11-16(14)22-18(20(23)26-3)19(28)21(24)27-4/h5-13,19,25H,1-4H3. The molecule has 28 heavy (non-hydrogen) atoms. The van der Waals surface area contributed by atoms with Gasteiger partial charge >= 0.3 is 11.9 Å². The lowest BCUT2D eigenvalue weighted by molar-refractivity contribution is -0.140. The highest BCUT2D eigenvalue weighted by Gasteiger charge is 2.49. The van der Waals surface area contributed by atoms with Gasteiger partial charge in [0.15, 0.2) is 11.0 Å². The molecule has 0 saturated carbocycles. The lowest BCUT2D eigenvalue weighted by Crippen LogP contribution is -2.44. The molecule has 0 fully saturated rings. The number of hydrogen-bond donors (Lipinski definition) is 1. The summed E-state index contributed by atoms with van der Waals surface area (Å²) >= 11 is 0. The number of carbonyl (C=O) groups excluding carboxylic acids is 2. The van der Waals surface area contributed by atoms with E-state index < -0.39 is 27.5 Å². The fourth-order valence-electron chi connectivity index (χ4n) is 3.41. The number of aliphatic imine (C=N–C) groups is 1. The van der Waals surface area contributed by atoms with Crippen LogP contribution in [0.4, 0.5) is 5.69 Å². The van der Waals surface area contributed by atoms with Crippen molar-refractivity contribution < 1.29 is 23.6 Å². The minimum atomic E-state index is -2.88. The van der Waals surface area contributed by atoms with Crippen LogP contribution in [0.3, 0.4) is 0 Å². The molecule has 2 aromatic carbocycles. The Kier molecular flexibility index (Phi) is 5.58. The smallest absolute Gasteiger partial charge is 0.354 e. The Hall–Kier alpha value is -2.64. The van der Waals surface area contributed by atoms with Gasteiger partial charge in [-0.2, -0.15) is 0 Å². The van der Waals surface area contributed by atoms with Crippen molar-refractivity contribution in [1.29, 1.82) is 0 Å². The molecule has 2 unspecified atom stereocenters. The molecule has 0 radical (unpaired) electrons. The fraction of sp³-hybridized carbons (Fsp3) is 0.286. The van der Waals surface area contributed by atoms with Crippen LogP contribution >= 0.6 is 10.3 Å². The maximum absolute atomic E-state index is 12.9. The first-order chi connectivity index (χ1) is 13.4. The molecule has 0 saturated heterocycles. The van der Waals surface area contributed by atoms with Crippen molar-refractivity contribution >= 4 is 33.6 Å². The number of methoxy groups -OCH3 is 2. The highest BCUT2D eigenvalue weighted by Crippen LogP contribution is 2.64. The number of hydrogen-bond acceptors (Lipinski definition) is 6. The Morgan fingerprint density at radius 3 is 2.21 bits per heavy atom. The van der Waals surface area contributed by atoms with E-state index in [0.717, 1.165) is 11.1 Å². The normalized spacial score (nSPS) is 23.2. The molecule has 2 aromatic rings. The first kappa shape index (κ1) is 20.1. The molecule has 1 aliphatic rings. The van der Waals surface area contributed by atoms with E-state index in [1.807, 2.05) is 44.2 Å². The summed E-state index contributed by atoms with van der Waals surface area (Å²) in [6.45, 7) is 3.65. The molecule has 0 aromatic heterocycles. The number of nitrogens with zero attached hydrogens (tertiary/aromatic N) is 1. The number of para-hydroxylation sites is 1. The largest absolute Gasteiger partial charge is 0.468 e. The molecule has 2 atom stereocenters. The van der Waals surface area contributed by atoms with Crippen LogP contribution in [0.15, 0.2) is 58.4 Å². The summed E-state index contributed by atoms with van der Waals surface area (Å²) in [5.41, 5.74) is 1.93. The summed E-state index contributed by atoms with van der Waals surface area (Å²) < 4.78 is 21.9. The van der Waals surface area contributed by atoms with Crippen molar-refractivity contribution in [3.8, 4) is 11.1 Å². The van der Waals surface area contributed by atoms with Crippen LogP contribution in [0.2, 0.25) is 0 Å². The van der Waals surface area contributed by atoms with Crippen LogP contribution in [0.25, 0.3) is 11.1 Å². The number of ether oxygens (including phenoxy) is 2. The second-order valence-corrected chi connectivity index (χ2v) is 9.83. The van der Waals surface area contributed by atoms with Gasteiger partial charge in [-0.1, -0.05) is 60.6 Å². The molecular formula is C21H23NO5S. The van der Waals surface area contributed by atoms with Gasteiger partial charge in [0, 0.05) is 15.7 Å². The second kappa shape index (κ2) is 7.77. The lowest BCUT2D eigenvalue weighted by Gasteiger charge is -2.45. The second-order valence-electron chi connectivity index (χ2n) is 6.63. The third-order valence-electron chi connectivity index (χ3n) is 4.81. The van der Waals surface area contributed by atoms with E-state index in [-0.39, 0.29) is 11.0 Å². The van der Waals surface area contributed by atoms with Crippen molar-refractivity contribution in [3.05, 3.63) is 48.5 Å². The van der Waals surface area contributed by atoms with Gasteiger partial charge in [0.05, 0.1) is 19.9 Å². The predicted molar refractivity (Wildman–Crippen MR) is 110 cm³/mol. The first-order valence-corrected chi connectivity index (χ1v) is 10.5. The van der Waals surface area contributed by atoms with Gasteiger partial charge in [0.1, 0.15) is 0 Å². The molecule has 0 amide bonds. The molecule has 1 aliphatic heterocycles. The summed E-state index contributed by atoms with van der Waals surface area (Å²) in [5, 5.41) is -1.61. The topological polar surface area (TPSA) is 85.2 Å². The zero-order valence-electron chi connectivity index (χ0n) is 16.2. The van der Waals surface area contributed by atoms with Gasteiger partial charge in [-0.05, 0) is 17.7 Å². The van der Waals surface area contributed by atoms with Crippen molar-refractivity contribution in [2.75, 3.05) is 14.2 Å². The van der Waals surface area contributed by atoms with E-state index in [9.17, 15) is 14.1 Å². The molecule has 6 nitrogen and oxygen atoms in total. The minimum absolute atomic E-state index is 0.150. The maximum atomic E-state index is 12.9. The van der Waals surface area contributed by atoms with Crippen LogP contribution in [0, 0.1) is 0 Å². The quantitative estimate of drug-likeness (QED) is 0.779. The summed E-state index contributed by atoms with van der Waals surface area (Å²) in [7, 11) is -0.425. The Balaban J connectivity index is 2.48. The Labute approximate surface area is 165 Å². The minimum Gasteiger partial charge on any atom is -0.468 e. The van der Waals surface area contributed by atoms with Crippen molar-refractivity contribution in [2.45, 2.75) is 29.2 Å². The molecular weight excluding hydrogens is 378 g/mol. The highest BCUT2D eigenvalue weighted by atomic mass is 32.3. The predicted octanol–water partition coefficient (Wildman–Crippen LogP) is 4.20. The van der Waals surface area contributed by atoms with Crippen molar-refractivity contribution in [2.24, 2.45) is 4.99 Å². The number of esters is 2. The SMILES string of the molecule is COC(=O)C1=Nc2ccccc2-c2ccccc2S(O)(C(C)C)C1C(=O)OC. The van der Waals surface area contributed by atoms with Gasteiger partial charge in [-0.3, -0.25) is 4.79 Å². The van der Waals surface area contributed by atoms with Gasteiger partial charge in [-0.15, -0.1) is 0 Å². The van der Waals surface area contributed by atoms with Crippen LogP contribution in [0.5, 0.6) is 0 Å². The average molecular weight is 401 g/mol. The van der Waals surface area contributed by atoms with E-state index in [1.54, 1.807) is 18.2 Å². The van der Waals surface area contributed by atoms with Gasteiger partial charge in [-0.25, -0.2) is 9.79 Å². The third-order valence-corrected chi connectivity index (χ3v) is 8.44. The Bertz CT molecular complexity index is 955. The van der Waals surface area contributed by atoms with Crippen molar-refractivity contribution in [1.82, 2.24) is 0 Å². The van der Waals surface area contributed by atoms with Crippen molar-refractivity contribution in [3.63, 3.8) is 0 Å². The zero-order valence-corrected chi connectivity index (χ0v) is 17.0. The van der Waals surface area contributed by atoms with Crippen LogP contribution in [-0.2, 0) is 19.1 Å². The molecule has 0 bridgehead atoms.